The van der Waals surface area contributed by atoms with Gasteiger partial charge in [0.25, 0.3) is 0 Å². The molecule has 6 heteroatoms. The Morgan fingerprint density at radius 3 is 2.36 bits per heavy atom. The zero-order chi connectivity index (χ0) is 17.4. The molecule has 1 aliphatic heterocycles. The number of likely N-dealkylation sites (N-methyl/N-ethyl adjacent to an activating group) is 1. The molecule has 1 heterocycles. The predicted octanol–water partition coefficient (Wildman–Crippen LogP) is 2.81. The monoisotopic (exact) mass is 460 g/mol. The lowest BCUT2D eigenvalue weighted by atomic mass is 9.89. The summed E-state index contributed by atoms with van der Waals surface area (Å²) in [4.78, 5) is 9.48. The summed E-state index contributed by atoms with van der Waals surface area (Å²) in [7, 11) is 6.41. The van der Waals surface area contributed by atoms with Gasteiger partial charge in [-0.15, -0.1) is 24.0 Å². The van der Waals surface area contributed by atoms with Crippen LogP contribution in [-0.4, -0.2) is 68.7 Å². The van der Waals surface area contributed by atoms with Crippen molar-refractivity contribution in [3.8, 4) is 0 Å². The van der Waals surface area contributed by atoms with E-state index in [2.05, 4.69) is 73.5 Å². The first-order valence-corrected chi connectivity index (χ1v) is 8.86. The van der Waals surface area contributed by atoms with Gasteiger partial charge < -0.3 is 19.9 Å². The van der Waals surface area contributed by atoms with E-state index in [1.54, 1.807) is 0 Å². The average molecular weight is 460 g/mol. The van der Waals surface area contributed by atoms with E-state index in [9.17, 15) is 0 Å². The van der Waals surface area contributed by atoms with Crippen LogP contribution in [-0.2, 0) is 11.3 Å². The fraction of sp³-hybridized carbons (Fsp3) is 0.632. The average Bonchev–Trinajstić information content (AvgIpc) is 2.60. The maximum absolute atomic E-state index is 5.55. The lowest BCUT2D eigenvalue weighted by molar-refractivity contribution is -0.00262. The topological polar surface area (TPSA) is 40.1 Å². The van der Waals surface area contributed by atoms with Crippen molar-refractivity contribution in [3.05, 3.63) is 35.9 Å². The third-order valence-electron chi connectivity index (χ3n) is 4.85. The van der Waals surface area contributed by atoms with Gasteiger partial charge in [-0.05, 0) is 39.4 Å². The van der Waals surface area contributed by atoms with Crippen LogP contribution in [0, 0.1) is 0 Å². The van der Waals surface area contributed by atoms with Crippen LogP contribution >= 0.6 is 24.0 Å². The van der Waals surface area contributed by atoms with E-state index < -0.39 is 0 Å². The highest BCUT2D eigenvalue weighted by Crippen LogP contribution is 2.26. The Balaban J connectivity index is 0.00000312. The molecule has 0 saturated carbocycles. The molecule has 1 aromatic rings. The number of benzene rings is 1. The molecule has 0 bridgehead atoms. The molecule has 25 heavy (non-hydrogen) atoms. The van der Waals surface area contributed by atoms with Crippen molar-refractivity contribution >= 4 is 29.9 Å². The lowest BCUT2D eigenvalue weighted by Crippen LogP contribution is -2.51. The Hall–Kier alpha value is -0.860. The summed E-state index contributed by atoms with van der Waals surface area (Å²) >= 11 is 0. The van der Waals surface area contributed by atoms with Gasteiger partial charge in [0.2, 0.25) is 0 Å². The lowest BCUT2D eigenvalue weighted by Gasteiger charge is -2.42. The first-order chi connectivity index (χ1) is 11.6. The number of hydrogen-bond acceptors (Lipinski definition) is 3. The van der Waals surface area contributed by atoms with Gasteiger partial charge in [0.1, 0.15) is 0 Å². The number of rotatable bonds is 6. The zero-order valence-electron chi connectivity index (χ0n) is 16.0. The second-order valence-corrected chi connectivity index (χ2v) is 6.74. The van der Waals surface area contributed by atoms with Crippen molar-refractivity contribution in [2.75, 3.05) is 47.4 Å². The van der Waals surface area contributed by atoms with Gasteiger partial charge >= 0.3 is 0 Å². The van der Waals surface area contributed by atoms with Crippen molar-refractivity contribution in [1.82, 2.24) is 15.1 Å². The van der Waals surface area contributed by atoms with Gasteiger partial charge in [0.15, 0.2) is 5.96 Å². The molecule has 1 saturated heterocycles. The molecule has 0 aliphatic carbocycles. The zero-order valence-corrected chi connectivity index (χ0v) is 18.3. The maximum atomic E-state index is 5.55. The molecule has 1 fully saturated rings. The first-order valence-electron chi connectivity index (χ1n) is 8.86. The number of aliphatic imine (C=N–C) groups is 1. The van der Waals surface area contributed by atoms with Crippen LogP contribution in [0.4, 0.5) is 0 Å². The van der Waals surface area contributed by atoms with Crippen LogP contribution in [0.2, 0.25) is 0 Å². The minimum atomic E-state index is 0. The number of guanidine groups is 1. The normalized spacial score (nSPS) is 17.1. The molecule has 1 aliphatic rings. The quantitative estimate of drug-likeness (QED) is 0.403. The highest BCUT2D eigenvalue weighted by atomic mass is 127. The van der Waals surface area contributed by atoms with Crippen molar-refractivity contribution in [2.45, 2.75) is 31.8 Å². The van der Waals surface area contributed by atoms with Crippen LogP contribution in [0.25, 0.3) is 0 Å². The summed E-state index contributed by atoms with van der Waals surface area (Å²) in [6.07, 6.45) is 2.07. The summed E-state index contributed by atoms with van der Waals surface area (Å²) in [6.45, 7) is 6.28. The smallest absolute Gasteiger partial charge is 0.194 e. The van der Waals surface area contributed by atoms with Crippen LogP contribution in [0.15, 0.2) is 35.3 Å². The fourth-order valence-corrected chi connectivity index (χ4v) is 3.12. The fourth-order valence-electron chi connectivity index (χ4n) is 3.12. The van der Waals surface area contributed by atoms with E-state index in [0.29, 0.717) is 0 Å². The maximum Gasteiger partial charge on any atom is 0.194 e. The Bertz CT molecular complexity index is 515. The molecule has 0 radical (unpaired) electrons. The standard InChI is InChI=1S/C19H32N4O.HI/c1-5-20-18(23(4)15-17-9-7-6-8-10-17)21-16-19(22(2)3)11-13-24-14-12-19;/h6-10H,5,11-16H2,1-4H3,(H,20,21);1H. The number of halogens is 1. The minimum Gasteiger partial charge on any atom is -0.381 e. The summed E-state index contributed by atoms with van der Waals surface area (Å²) in [5, 5.41) is 3.42. The third-order valence-corrected chi connectivity index (χ3v) is 4.85. The van der Waals surface area contributed by atoms with Crippen LogP contribution in [0.3, 0.4) is 0 Å². The molecule has 1 N–H and O–H groups in total. The van der Waals surface area contributed by atoms with Crippen LogP contribution in [0.5, 0.6) is 0 Å². The Labute approximate surface area is 169 Å². The number of ether oxygens (including phenoxy) is 1. The van der Waals surface area contributed by atoms with E-state index in [-0.39, 0.29) is 29.5 Å². The summed E-state index contributed by atoms with van der Waals surface area (Å²) in [5.74, 6) is 0.967. The minimum absolute atomic E-state index is 0. The van der Waals surface area contributed by atoms with Crippen LogP contribution in [0.1, 0.15) is 25.3 Å². The number of nitrogens with one attached hydrogen (secondary N) is 1. The SMILES string of the molecule is CCNC(=NCC1(N(C)C)CCOCC1)N(C)Cc1ccccc1.I. The Morgan fingerprint density at radius 2 is 1.80 bits per heavy atom. The van der Waals surface area contributed by atoms with E-state index in [0.717, 1.165) is 51.6 Å². The van der Waals surface area contributed by atoms with Crippen molar-refractivity contribution in [3.63, 3.8) is 0 Å². The second kappa shape index (κ2) is 11.0. The predicted molar refractivity (Wildman–Crippen MR) is 116 cm³/mol. The molecular weight excluding hydrogens is 427 g/mol. The molecule has 142 valence electrons. The van der Waals surface area contributed by atoms with Crippen molar-refractivity contribution < 1.29 is 4.74 Å². The van der Waals surface area contributed by atoms with E-state index >= 15 is 0 Å². The van der Waals surface area contributed by atoms with E-state index in [4.69, 9.17) is 9.73 Å². The molecule has 0 aromatic heterocycles. The molecule has 0 atom stereocenters. The van der Waals surface area contributed by atoms with Crippen molar-refractivity contribution in [1.29, 1.82) is 0 Å². The highest BCUT2D eigenvalue weighted by Gasteiger charge is 2.34. The van der Waals surface area contributed by atoms with Gasteiger partial charge in [-0.1, -0.05) is 30.3 Å². The summed E-state index contributed by atoms with van der Waals surface area (Å²) < 4.78 is 5.55. The molecular formula is C19H33IN4O. The van der Waals surface area contributed by atoms with Gasteiger partial charge in [0, 0.05) is 38.9 Å². The molecule has 0 amide bonds. The molecule has 2 rings (SSSR count). The second-order valence-electron chi connectivity index (χ2n) is 6.74. The van der Waals surface area contributed by atoms with E-state index in [1.807, 2.05) is 0 Å². The molecule has 0 spiro atoms. The van der Waals surface area contributed by atoms with Crippen LogP contribution < -0.4 is 5.32 Å². The number of nitrogens with zero attached hydrogens (tertiary/aromatic N) is 3. The largest absolute Gasteiger partial charge is 0.381 e. The summed E-state index contributed by atoms with van der Waals surface area (Å²) in [6, 6.07) is 10.5. The molecule has 0 unspecified atom stereocenters. The Kier molecular flexibility index (Phi) is 9.74. The Morgan fingerprint density at radius 1 is 1.16 bits per heavy atom. The van der Waals surface area contributed by atoms with Gasteiger partial charge in [-0.2, -0.15) is 0 Å². The van der Waals surface area contributed by atoms with Gasteiger partial charge in [-0.3, -0.25) is 4.99 Å². The first kappa shape index (κ1) is 22.2. The van der Waals surface area contributed by atoms with Gasteiger partial charge in [-0.25, -0.2) is 0 Å². The van der Waals surface area contributed by atoms with E-state index in [1.165, 1.54) is 5.56 Å². The molecule has 1 aromatic carbocycles. The highest BCUT2D eigenvalue weighted by molar-refractivity contribution is 14.0. The third kappa shape index (κ3) is 6.42. The van der Waals surface area contributed by atoms with Gasteiger partial charge in [0.05, 0.1) is 6.54 Å². The number of hydrogen-bond donors (Lipinski definition) is 1. The summed E-state index contributed by atoms with van der Waals surface area (Å²) in [5.41, 5.74) is 1.39. The molecule has 5 nitrogen and oxygen atoms in total. The van der Waals surface area contributed by atoms with Crippen molar-refractivity contribution in [2.24, 2.45) is 4.99 Å².